The van der Waals surface area contributed by atoms with Crippen LogP contribution in [0.1, 0.15) is 43.2 Å². The number of benzene rings is 2. The fraction of sp³-hybridized carbons (Fsp3) is 0.273. The minimum absolute atomic E-state index is 0.0381. The van der Waals surface area contributed by atoms with Crippen molar-refractivity contribution in [3.05, 3.63) is 71.7 Å². The van der Waals surface area contributed by atoms with Gasteiger partial charge in [0, 0.05) is 24.9 Å². The summed E-state index contributed by atoms with van der Waals surface area (Å²) in [6.07, 6.45) is 2.30. The lowest BCUT2D eigenvalue weighted by Gasteiger charge is -2.06. The molecule has 0 atom stereocenters. The van der Waals surface area contributed by atoms with Gasteiger partial charge in [-0.3, -0.25) is 4.79 Å². The van der Waals surface area contributed by atoms with Crippen molar-refractivity contribution in [1.29, 1.82) is 0 Å². The number of rotatable bonds is 8. The van der Waals surface area contributed by atoms with Crippen LogP contribution >= 0.6 is 0 Å². The summed E-state index contributed by atoms with van der Waals surface area (Å²) in [5, 5.41) is 7.86. The van der Waals surface area contributed by atoms with E-state index in [-0.39, 0.29) is 17.2 Å². The summed E-state index contributed by atoms with van der Waals surface area (Å²) in [5.41, 5.74) is 2.99. The number of aryl methyl sites for hydroxylation is 1. The first-order valence-electron chi connectivity index (χ1n) is 9.66. The number of nitrogens with one attached hydrogen (secondary N) is 1. The monoisotopic (exact) mass is 427 g/mol. The Hall–Kier alpha value is -2.97. The summed E-state index contributed by atoms with van der Waals surface area (Å²) < 4.78 is 28.3. The van der Waals surface area contributed by atoms with E-state index in [4.69, 9.17) is 9.56 Å². The molecule has 1 amide bonds. The molecule has 1 heterocycles. The predicted octanol–water partition coefficient (Wildman–Crippen LogP) is 3.36. The number of oxazole rings is 1. The maximum absolute atomic E-state index is 12.1. The summed E-state index contributed by atoms with van der Waals surface area (Å²) >= 11 is 0. The van der Waals surface area contributed by atoms with Gasteiger partial charge in [0.25, 0.3) is 0 Å². The molecule has 0 radical (unpaired) electrons. The Balaban J connectivity index is 1.49. The van der Waals surface area contributed by atoms with Gasteiger partial charge in [-0.2, -0.15) is 0 Å². The molecule has 0 fully saturated rings. The average molecular weight is 428 g/mol. The van der Waals surface area contributed by atoms with Crippen molar-refractivity contribution in [2.75, 3.05) is 0 Å². The number of nitrogens with zero attached hydrogens (tertiary/aromatic N) is 1. The first-order valence-corrected chi connectivity index (χ1v) is 11.2. The molecule has 0 unspecified atom stereocenters. The highest BCUT2D eigenvalue weighted by molar-refractivity contribution is 7.89. The first kappa shape index (κ1) is 21.7. The number of hydrogen-bond donors (Lipinski definition) is 2. The Morgan fingerprint density at radius 3 is 2.37 bits per heavy atom. The standard InChI is InChI=1S/C22H25N3O4S/c1-15(2)17-5-7-18(8-6-17)20-14-25-22(29-20)12-11-21(26)24-13-16-3-9-19(10-4-16)30(23,27)28/h3-10,14-15H,11-13H2,1-2H3,(H,24,26)(H2,23,27,28). The SMILES string of the molecule is CC(C)c1ccc(-c2cnc(CCC(=O)NCc3ccc(S(N)(=O)=O)cc3)o2)cc1. The normalized spacial score (nSPS) is 11.6. The molecule has 3 aromatic rings. The molecule has 30 heavy (non-hydrogen) atoms. The van der Waals surface area contributed by atoms with Crippen molar-refractivity contribution in [3.63, 3.8) is 0 Å². The zero-order valence-electron chi connectivity index (χ0n) is 17.0. The molecule has 2 aromatic carbocycles. The van der Waals surface area contributed by atoms with E-state index < -0.39 is 10.0 Å². The van der Waals surface area contributed by atoms with Gasteiger partial charge in [0.05, 0.1) is 11.1 Å². The smallest absolute Gasteiger partial charge is 0.238 e. The number of aromatic nitrogens is 1. The molecule has 0 bridgehead atoms. The van der Waals surface area contributed by atoms with Crippen LogP contribution < -0.4 is 10.5 Å². The van der Waals surface area contributed by atoms with Gasteiger partial charge in [-0.1, -0.05) is 50.2 Å². The van der Waals surface area contributed by atoms with Crippen LogP contribution in [-0.2, 0) is 27.8 Å². The Labute approximate surface area is 176 Å². The number of nitrogens with two attached hydrogens (primary N) is 1. The van der Waals surface area contributed by atoms with Crippen LogP contribution in [0.5, 0.6) is 0 Å². The molecule has 3 rings (SSSR count). The zero-order valence-corrected chi connectivity index (χ0v) is 17.8. The predicted molar refractivity (Wildman–Crippen MR) is 114 cm³/mol. The van der Waals surface area contributed by atoms with E-state index in [2.05, 4.69) is 36.3 Å². The minimum Gasteiger partial charge on any atom is -0.441 e. The van der Waals surface area contributed by atoms with Crippen molar-refractivity contribution in [2.24, 2.45) is 5.14 Å². The van der Waals surface area contributed by atoms with Crippen LogP contribution in [0.3, 0.4) is 0 Å². The Kier molecular flexibility index (Phi) is 6.69. The maximum atomic E-state index is 12.1. The fourth-order valence-electron chi connectivity index (χ4n) is 2.90. The van der Waals surface area contributed by atoms with E-state index >= 15 is 0 Å². The molecule has 158 valence electrons. The van der Waals surface area contributed by atoms with Crippen molar-refractivity contribution >= 4 is 15.9 Å². The summed E-state index contributed by atoms with van der Waals surface area (Å²) in [6, 6.07) is 14.2. The highest BCUT2D eigenvalue weighted by Crippen LogP contribution is 2.23. The molecular formula is C22H25N3O4S. The quantitative estimate of drug-likeness (QED) is 0.572. The van der Waals surface area contributed by atoms with Crippen molar-refractivity contribution in [1.82, 2.24) is 10.3 Å². The van der Waals surface area contributed by atoms with Crippen molar-refractivity contribution in [3.8, 4) is 11.3 Å². The van der Waals surface area contributed by atoms with Crippen LogP contribution in [0.2, 0.25) is 0 Å². The third kappa shape index (κ3) is 5.77. The molecule has 3 N–H and O–H groups in total. The van der Waals surface area contributed by atoms with Gasteiger partial charge in [0.15, 0.2) is 11.7 Å². The van der Waals surface area contributed by atoms with Crippen molar-refractivity contribution < 1.29 is 17.6 Å². The molecule has 0 saturated carbocycles. The van der Waals surface area contributed by atoms with Gasteiger partial charge in [-0.05, 0) is 29.2 Å². The lowest BCUT2D eigenvalue weighted by molar-refractivity contribution is -0.121. The lowest BCUT2D eigenvalue weighted by atomic mass is 10.0. The van der Waals surface area contributed by atoms with E-state index in [1.54, 1.807) is 18.3 Å². The molecule has 0 spiro atoms. The van der Waals surface area contributed by atoms with Crippen LogP contribution in [-0.4, -0.2) is 19.3 Å². The van der Waals surface area contributed by atoms with E-state index in [0.717, 1.165) is 11.1 Å². The molecule has 8 heteroatoms. The second kappa shape index (κ2) is 9.23. The number of amides is 1. The van der Waals surface area contributed by atoms with Crippen LogP contribution in [0.25, 0.3) is 11.3 Å². The molecule has 0 aliphatic rings. The van der Waals surface area contributed by atoms with Crippen molar-refractivity contribution in [2.45, 2.75) is 44.0 Å². The zero-order chi connectivity index (χ0) is 21.7. The summed E-state index contributed by atoms with van der Waals surface area (Å²) in [5.74, 6) is 1.50. The fourth-order valence-corrected chi connectivity index (χ4v) is 3.41. The largest absolute Gasteiger partial charge is 0.441 e. The summed E-state index contributed by atoms with van der Waals surface area (Å²) in [7, 11) is -3.72. The first-order chi connectivity index (χ1) is 14.2. The maximum Gasteiger partial charge on any atom is 0.238 e. The molecule has 0 saturated heterocycles. The van der Waals surface area contributed by atoms with Gasteiger partial charge in [0.1, 0.15) is 0 Å². The molecule has 7 nitrogen and oxygen atoms in total. The molecule has 0 aliphatic carbocycles. The minimum atomic E-state index is -3.72. The Morgan fingerprint density at radius 1 is 1.10 bits per heavy atom. The van der Waals surface area contributed by atoms with E-state index in [1.165, 1.54) is 17.7 Å². The van der Waals surface area contributed by atoms with E-state index in [0.29, 0.717) is 30.5 Å². The lowest BCUT2D eigenvalue weighted by Crippen LogP contribution is -2.23. The number of carbonyl (C=O) groups is 1. The number of primary sulfonamides is 1. The highest BCUT2D eigenvalue weighted by Gasteiger charge is 2.10. The highest BCUT2D eigenvalue weighted by atomic mass is 32.2. The van der Waals surface area contributed by atoms with Gasteiger partial charge in [-0.15, -0.1) is 0 Å². The number of carbonyl (C=O) groups excluding carboxylic acids is 1. The topological polar surface area (TPSA) is 115 Å². The second-order valence-electron chi connectivity index (χ2n) is 7.36. The second-order valence-corrected chi connectivity index (χ2v) is 8.92. The average Bonchev–Trinajstić information content (AvgIpc) is 3.19. The Bertz CT molecular complexity index is 1100. The van der Waals surface area contributed by atoms with E-state index in [1.807, 2.05) is 12.1 Å². The molecular weight excluding hydrogens is 402 g/mol. The Morgan fingerprint density at radius 2 is 1.77 bits per heavy atom. The van der Waals surface area contributed by atoms with Gasteiger partial charge < -0.3 is 9.73 Å². The summed E-state index contributed by atoms with van der Waals surface area (Å²) in [6.45, 7) is 4.58. The van der Waals surface area contributed by atoms with E-state index in [9.17, 15) is 13.2 Å². The summed E-state index contributed by atoms with van der Waals surface area (Å²) in [4.78, 5) is 16.4. The van der Waals surface area contributed by atoms with Crippen LogP contribution in [0, 0.1) is 0 Å². The van der Waals surface area contributed by atoms with Gasteiger partial charge in [0.2, 0.25) is 15.9 Å². The van der Waals surface area contributed by atoms with Gasteiger partial charge >= 0.3 is 0 Å². The van der Waals surface area contributed by atoms with Gasteiger partial charge in [-0.25, -0.2) is 18.5 Å². The molecule has 1 aromatic heterocycles. The van der Waals surface area contributed by atoms with Crippen LogP contribution in [0.4, 0.5) is 0 Å². The third-order valence-electron chi connectivity index (χ3n) is 4.72. The van der Waals surface area contributed by atoms with Crippen LogP contribution in [0.15, 0.2) is 64.0 Å². The molecule has 0 aliphatic heterocycles. The number of hydrogen-bond acceptors (Lipinski definition) is 5. The number of sulfonamides is 1. The third-order valence-corrected chi connectivity index (χ3v) is 5.65.